The van der Waals surface area contributed by atoms with Crippen molar-refractivity contribution in [2.75, 3.05) is 0 Å². The first-order chi connectivity index (χ1) is 8.86. The number of nitrogens with zero attached hydrogens (tertiary/aromatic N) is 1. The van der Waals surface area contributed by atoms with Crippen molar-refractivity contribution < 1.29 is 13.9 Å². The van der Waals surface area contributed by atoms with E-state index >= 15 is 0 Å². The van der Waals surface area contributed by atoms with Gasteiger partial charge in [-0.25, -0.2) is 8.78 Å². The summed E-state index contributed by atoms with van der Waals surface area (Å²) in [4.78, 5) is 0. The van der Waals surface area contributed by atoms with Gasteiger partial charge in [-0.15, -0.1) is 0 Å². The number of rotatable bonds is 3. The third-order valence-electron chi connectivity index (χ3n) is 4.01. The van der Waals surface area contributed by atoms with E-state index in [0.717, 1.165) is 12.1 Å². The summed E-state index contributed by atoms with van der Waals surface area (Å²) in [5.74, 6) is -1.44. The van der Waals surface area contributed by atoms with Crippen LogP contribution in [0.5, 0.6) is 0 Å². The Balaban J connectivity index is 2.07. The maximum Gasteiger partial charge on any atom is 0.131 e. The molecule has 0 amide bonds. The van der Waals surface area contributed by atoms with Gasteiger partial charge in [0.1, 0.15) is 11.6 Å². The third kappa shape index (κ3) is 2.46. The number of aliphatic hydroxyl groups excluding tert-OH is 1. The molecule has 102 valence electrons. The molecule has 0 saturated heterocycles. The normalized spacial score (nSPS) is 24.6. The van der Waals surface area contributed by atoms with Gasteiger partial charge in [-0.3, -0.25) is 0 Å². The molecule has 1 saturated carbocycles. The fourth-order valence-corrected chi connectivity index (χ4v) is 2.31. The summed E-state index contributed by atoms with van der Waals surface area (Å²) >= 11 is 0. The number of aliphatic hydroxyl groups is 1. The molecule has 0 aliphatic heterocycles. The largest absolute Gasteiger partial charge is 0.392 e. The molecule has 1 aromatic rings. The Morgan fingerprint density at radius 1 is 1.42 bits per heavy atom. The second kappa shape index (κ2) is 4.87. The van der Waals surface area contributed by atoms with E-state index in [0.29, 0.717) is 6.42 Å². The fraction of sp³-hybridized carbons (Fsp3) is 0.500. The molecule has 2 atom stereocenters. The van der Waals surface area contributed by atoms with Gasteiger partial charge < -0.3 is 10.4 Å². The van der Waals surface area contributed by atoms with Crippen LogP contribution < -0.4 is 5.32 Å². The Morgan fingerprint density at radius 2 is 2.00 bits per heavy atom. The molecule has 2 unspecified atom stereocenters. The summed E-state index contributed by atoms with van der Waals surface area (Å²) < 4.78 is 27.3. The molecule has 0 bridgehead atoms. The molecule has 0 radical (unpaired) electrons. The third-order valence-corrected chi connectivity index (χ3v) is 4.01. The smallest absolute Gasteiger partial charge is 0.131 e. The molecule has 5 heteroatoms. The van der Waals surface area contributed by atoms with Gasteiger partial charge in [-0.1, -0.05) is 13.8 Å². The van der Waals surface area contributed by atoms with Crippen molar-refractivity contribution in [2.24, 2.45) is 5.41 Å². The zero-order chi connectivity index (χ0) is 14.2. The molecule has 2 N–H and O–H groups in total. The van der Waals surface area contributed by atoms with Crippen LogP contribution in [0.4, 0.5) is 8.78 Å². The Bertz CT molecular complexity index is 514. The van der Waals surface area contributed by atoms with Gasteiger partial charge in [0, 0.05) is 23.6 Å². The molecule has 0 aromatic heterocycles. The summed E-state index contributed by atoms with van der Waals surface area (Å²) in [5.41, 5.74) is -0.395. The van der Waals surface area contributed by atoms with Gasteiger partial charge in [-0.05, 0) is 18.6 Å². The first-order valence-electron chi connectivity index (χ1n) is 6.15. The number of benzene rings is 1. The van der Waals surface area contributed by atoms with Crippen molar-refractivity contribution in [1.29, 1.82) is 5.26 Å². The summed E-state index contributed by atoms with van der Waals surface area (Å²) in [7, 11) is 0. The number of nitrogens with one attached hydrogen (secondary N) is 1. The summed E-state index contributed by atoms with van der Waals surface area (Å²) in [6.07, 6.45) is 0.188. The Kier molecular flexibility index (Phi) is 3.57. The molecule has 1 aliphatic carbocycles. The van der Waals surface area contributed by atoms with Gasteiger partial charge in [0.2, 0.25) is 0 Å². The van der Waals surface area contributed by atoms with Crippen LogP contribution in [0.2, 0.25) is 0 Å². The Hall–Kier alpha value is -1.51. The Morgan fingerprint density at radius 3 is 2.42 bits per heavy atom. The van der Waals surface area contributed by atoms with E-state index in [2.05, 4.69) is 5.32 Å². The molecular formula is C14H16F2N2O. The molecule has 0 spiro atoms. The summed E-state index contributed by atoms with van der Waals surface area (Å²) in [6.45, 7) is 3.86. The van der Waals surface area contributed by atoms with Crippen LogP contribution in [0.25, 0.3) is 0 Å². The van der Waals surface area contributed by atoms with E-state index in [9.17, 15) is 13.9 Å². The van der Waals surface area contributed by atoms with Crippen LogP contribution in [0, 0.1) is 28.4 Å². The zero-order valence-corrected chi connectivity index (χ0v) is 10.9. The summed E-state index contributed by atoms with van der Waals surface area (Å²) in [6, 6.07) is 3.79. The quantitative estimate of drug-likeness (QED) is 0.880. The van der Waals surface area contributed by atoms with E-state index in [4.69, 9.17) is 5.26 Å². The molecule has 1 fully saturated rings. The van der Waals surface area contributed by atoms with Crippen LogP contribution in [0.15, 0.2) is 12.1 Å². The van der Waals surface area contributed by atoms with Crippen molar-refractivity contribution in [1.82, 2.24) is 5.32 Å². The predicted molar refractivity (Wildman–Crippen MR) is 66.1 cm³/mol. The average Bonchev–Trinajstić information content (AvgIpc) is 2.36. The number of hydrogen-bond acceptors (Lipinski definition) is 3. The monoisotopic (exact) mass is 266 g/mol. The fourth-order valence-electron chi connectivity index (χ4n) is 2.31. The minimum absolute atomic E-state index is 0.0249. The number of hydrogen-bond donors (Lipinski definition) is 2. The van der Waals surface area contributed by atoms with E-state index in [-0.39, 0.29) is 35.2 Å². The molecule has 1 aromatic carbocycles. The van der Waals surface area contributed by atoms with Crippen LogP contribution in [0.3, 0.4) is 0 Å². The van der Waals surface area contributed by atoms with Crippen molar-refractivity contribution >= 4 is 0 Å². The topological polar surface area (TPSA) is 56.0 Å². The minimum Gasteiger partial charge on any atom is -0.392 e. The van der Waals surface area contributed by atoms with Gasteiger partial charge in [0.25, 0.3) is 0 Å². The number of halogens is 2. The standard InChI is InChI=1S/C14H16F2N2O/c1-14(2)12(5-13(14)19)18-7-9-10(15)3-8(6-17)4-11(9)16/h3-4,12-13,18-19H,5,7H2,1-2H3. The lowest BCUT2D eigenvalue weighted by molar-refractivity contribution is -0.0731. The maximum absolute atomic E-state index is 13.7. The SMILES string of the molecule is CC1(C)C(O)CC1NCc1c(F)cc(C#N)cc1F. The van der Waals surface area contributed by atoms with E-state index in [1.807, 2.05) is 13.8 Å². The first-order valence-corrected chi connectivity index (χ1v) is 6.15. The Labute approximate surface area is 110 Å². The molecule has 3 nitrogen and oxygen atoms in total. The molecule has 1 aliphatic rings. The molecule has 0 heterocycles. The van der Waals surface area contributed by atoms with E-state index < -0.39 is 11.6 Å². The first kappa shape index (κ1) is 13.9. The van der Waals surface area contributed by atoms with Crippen molar-refractivity contribution in [2.45, 2.75) is 39.0 Å². The highest BCUT2D eigenvalue weighted by Gasteiger charge is 2.46. The van der Waals surface area contributed by atoms with Crippen LogP contribution in [-0.2, 0) is 6.54 Å². The van der Waals surface area contributed by atoms with Gasteiger partial charge >= 0.3 is 0 Å². The van der Waals surface area contributed by atoms with Crippen molar-refractivity contribution in [3.63, 3.8) is 0 Å². The van der Waals surface area contributed by atoms with Crippen LogP contribution in [-0.4, -0.2) is 17.3 Å². The highest BCUT2D eigenvalue weighted by Crippen LogP contribution is 2.40. The zero-order valence-electron chi connectivity index (χ0n) is 10.9. The highest BCUT2D eigenvalue weighted by molar-refractivity contribution is 5.34. The van der Waals surface area contributed by atoms with Crippen molar-refractivity contribution in [3.8, 4) is 6.07 Å². The second-order valence-corrected chi connectivity index (χ2v) is 5.54. The van der Waals surface area contributed by atoms with Crippen LogP contribution in [0.1, 0.15) is 31.4 Å². The van der Waals surface area contributed by atoms with Crippen molar-refractivity contribution in [3.05, 3.63) is 34.9 Å². The van der Waals surface area contributed by atoms with Gasteiger partial charge in [-0.2, -0.15) is 5.26 Å². The maximum atomic E-state index is 13.7. The predicted octanol–water partition coefficient (Wildman–Crippen LogP) is 2.09. The lowest BCUT2D eigenvalue weighted by atomic mass is 9.64. The summed E-state index contributed by atoms with van der Waals surface area (Å²) in [5, 5.41) is 21.3. The lowest BCUT2D eigenvalue weighted by Crippen LogP contribution is -2.59. The average molecular weight is 266 g/mol. The molecule has 19 heavy (non-hydrogen) atoms. The van der Waals surface area contributed by atoms with E-state index in [1.54, 1.807) is 6.07 Å². The van der Waals surface area contributed by atoms with Gasteiger partial charge in [0.05, 0.1) is 17.7 Å². The van der Waals surface area contributed by atoms with Gasteiger partial charge in [0.15, 0.2) is 0 Å². The highest BCUT2D eigenvalue weighted by atomic mass is 19.1. The van der Waals surface area contributed by atoms with Crippen LogP contribution >= 0.6 is 0 Å². The lowest BCUT2D eigenvalue weighted by Gasteiger charge is -2.49. The molecular weight excluding hydrogens is 250 g/mol. The second-order valence-electron chi connectivity index (χ2n) is 5.54. The molecule has 2 rings (SSSR count). The minimum atomic E-state index is -0.721. The number of nitriles is 1. The van der Waals surface area contributed by atoms with E-state index in [1.165, 1.54) is 0 Å².